The van der Waals surface area contributed by atoms with Crippen LogP contribution in [0, 0.1) is 0 Å². The zero-order valence-electron chi connectivity index (χ0n) is 13.3. The first-order valence-corrected chi connectivity index (χ1v) is 9.20. The Morgan fingerprint density at radius 1 is 1.05 bits per heavy atom. The Hall–Kier alpha value is -1.16. The van der Waals surface area contributed by atoms with E-state index in [0.717, 1.165) is 11.7 Å². The summed E-state index contributed by atoms with van der Waals surface area (Å²) in [5.41, 5.74) is 1.30. The molecule has 1 aromatic heterocycles. The lowest BCUT2D eigenvalue weighted by Crippen LogP contribution is -2.45. The van der Waals surface area contributed by atoms with Gasteiger partial charge in [0, 0.05) is 31.0 Å². The Bertz CT molecular complexity index is 464. The standard InChI is InChI=1S/C18H27N3S/c22-18(20-16-6-4-2-1-3-5-7-16)21(17-8-9-17)14-15-10-12-19-13-11-15/h10-13,16-17H,1-9,14H2,(H,20,22). The van der Waals surface area contributed by atoms with Crippen LogP contribution in [0.25, 0.3) is 0 Å². The SMILES string of the molecule is S=C(NC1CCCCCCC1)N(Cc1ccncc1)C1CC1. The third-order valence-corrected chi connectivity index (χ3v) is 5.14. The van der Waals surface area contributed by atoms with Crippen molar-refractivity contribution in [1.29, 1.82) is 0 Å². The summed E-state index contributed by atoms with van der Waals surface area (Å²) in [6, 6.07) is 5.40. The third-order valence-electron chi connectivity index (χ3n) is 4.78. The lowest BCUT2D eigenvalue weighted by atomic mass is 9.97. The molecule has 2 aliphatic rings. The van der Waals surface area contributed by atoms with E-state index in [-0.39, 0.29) is 0 Å². The van der Waals surface area contributed by atoms with Crippen molar-refractivity contribution in [3.05, 3.63) is 30.1 Å². The molecule has 0 radical (unpaired) electrons. The van der Waals surface area contributed by atoms with E-state index in [4.69, 9.17) is 12.2 Å². The molecule has 0 aliphatic heterocycles. The van der Waals surface area contributed by atoms with Crippen molar-refractivity contribution in [2.24, 2.45) is 0 Å². The molecule has 2 fully saturated rings. The average molecular weight is 318 g/mol. The highest BCUT2D eigenvalue weighted by molar-refractivity contribution is 7.80. The number of pyridine rings is 1. The molecular weight excluding hydrogens is 290 g/mol. The molecule has 3 nitrogen and oxygen atoms in total. The molecule has 0 amide bonds. The van der Waals surface area contributed by atoms with Crippen LogP contribution in [0.4, 0.5) is 0 Å². The van der Waals surface area contributed by atoms with Gasteiger partial charge in [-0.25, -0.2) is 0 Å². The summed E-state index contributed by atoms with van der Waals surface area (Å²) < 4.78 is 0. The first kappa shape index (κ1) is 15.7. The van der Waals surface area contributed by atoms with E-state index in [0.29, 0.717) is 12.1 Å². The van der Waals surface area contributed by atoms with Crippen LogP contribution in [0.2, 0.25) is 0 Å². The number of aromatic nitrogens is 1. The lowest BCUT2D eigenvalue weighted by Gasteiger charge is -2.30. The van der Waals surface area contributed by atoms with Gasteiger partial charge in [-0.15, -0.1) is 0 Å². The van der Waals surface area contributed by atoms with Crippen molar-refractivity contribution in [2.75, 3.05) is 0 Å². The quantitative estimate of drug-likeness (QED) is 0.849. The summed E-state index contributed by atoms with van der Waals surface area (Å²) in [6.45, 7) is 0.908. The predicted molar refractivity (Wildman–Crippen MR) is 94.6 cm³/mol. The van der Waals surface area contributed by atoms with Crippen LogP contribution in [0.15, 0.2) is 24.5 Å². The molecule has 0 unspecified atom stereocenters. The van der Waals surface area contributed by atoms with E-state index in [1.807, 2.05) is 12.4 Å². The molecule has 2 aliphatic carbocycles. The summed E-state index contributed by atoms with van der Waals surface area (Å²) in [6.07, 6.45) is 15.7. The van der Waals surface area contributed by atoms with Crippen molar-refractivity contribution < 1.29 is 0 Å². The zero-order valence-corrected chi connectivity index (χ0v) is 14.2. The normalized spacial score (nSPS) is 20.0. The number of nitrogens with one attached hydrogen (secondary N) is 1. The monoisotopic (exact) mass is 317 g/mol. The topological polar surface area (TPSA) is 28.2 Å². The summed E-state index contributed by atoms with van der Waals surface area (Å²) in [7, 11) is 0. The molecule has 0 spiro atoms. The minimum atomic E-state index is 0.575. The van der Waals surface area contributed by atoms with Gasteiger partial charge in [-0.05, 0) is 55.6 Å². The second-order valence-corrected chi connectivity index (χ2v) is 7.09. The highest BCUT2D eigenvalue weighted by atomic mass is 32.1. The maximum Gasteiger partial charge on any atom is 0.169 e. The number of hydrogen-bond donors (Lipinski definition) is 1. The second-order valence-electron chi connectivity index (χ2n) is 6.71. The van der Waals surface area contributed by atoms with Crippen molar-refractivity contribution in [2.45, 2.75) is 76.4 Å². The van der Waals surface area contributed by atoms with Crippen LogP contribution < -0.4 is 5.32 Å². The van der Waals surface area contributed by atoms with E-state index in [9.17, 15) is 0 Å². The average Bonchev–Trinajstić information content (AvgIpc) is 3.33. The predicted octanol–water partition coefficient (Wildman–Crippen LogP) is 4.03. The van der Waals surface area contributed by atoms with Crippen molar-refractivity contribution >= 4 is 17.3 Å². The number of hydrogen-bond acceptors (Lipinski definition) is 2. The number of nitrogens with zero attached hydrogens (tertiary/aromatic N) is 2. The third kappa shape index (κ3) is 4.67. The Labute approximate surface area is 139 Å². The Kier molecular flexibility index (Phi) is 5.65. The van der Waals surface area contributed by atoms with Crippen LogP contribution in [-0.4, -0.2) is 27.1 Å². The van der Waals surface area contributed by atoms with E-state index in [2.05, 4.69) is 27.3 Å². The van der Waals surface area contributed by atoms with Gasteiger partial charge in [0.1, 0.15) is 0 Å². The Morgan fingerprint density at radius 3 is 2.32 bits per heavy atom. The van der Waals surface area contributed by atoms with Crippen LogP contribution >= 0.6 is 12.2 Å². The molecule has 3 rings (SSSR count). The van der Waals surface area contributed by atoms with E-state index in [1.165, 1.54) is 63.4 Å². The molecule has 1 heterocycles. The van der Waals surface area contributed by atoms with Gasteiger partial charge < -0.3 is 10.2 Å². The molecule has 0 saturated heterocycles. The van der Waals surface area contributed by atoms with Crippen LogP contribution in [0.5, 0.6) is 0 Å². The molecule has 22 heavy (non-hydrogen) atoms. The van der Waals surface area contributed by atoms with Crippen molar-refractivity contribution in [3.8, 4) is 0 Å². The van der Waals surface area contributed by atoms with Crippen LogP contribution in [0.3, 0.4) is 0 Å². The molecule has 2 saturated carbocycles. The fourth-order valence-corrected chi connectivity index (χ4v) is 3.68. The fraction of sp³-hybridized carbons (Fsp3) is 0.667. The van der Waals surface area contributed by atoms with Gasteiger partial charge in [-0.3, -0.25) is 4.98 Å². The highest BCUT2D eigenvalue weighted by Gasteiger charge is 2.31. The zero-order chi connectivity index (χ0) is 15.2. The molecule has 120 valence electrons. The number of rotatable bonds is 4. The summed E-state index contributed by atoms with van der Waals surface area (Å²) in [5, 5.41) is 4.63. The minimum Gasteiger partial charge on any atom is -0.360 e. The minimum absolute atomic E-state index is 0.575. The van der Waals surface area contributed by atoms with Crippen LogP contribution in [0.1, 0.15) is 63.4 Å². The highest BCUT2D eigenvalue weighted by Crippen LogP contribution is 2.29. The maximum atomic E-state index is 5.75. The molecule has 1 aromatic rings. The summed E-state index contributed by atoms with van der Waals surface area (Å²) in [5.74, 6) is 0. The molecule has 0 aromatic carbocycles. The smallest absolute Gasteiger partial charge is 0.169 e. The van der Waals surface area contributed by atoms with Crippen molar-refractivity contribution in [1.82, 2.24) is 15.2 Å². The molecule has 1 N–H and O–H groups in total. The van der Waals surface area contributed by atoms with E-state index >= 15 is 0 Å². The lowest BCUT2D eigenvalue weighted by molar-refractivity contribution is 0.368. The fourth-order valence-electron chi connectivity index (χ4n) is 3.30. The Morgan fingerprint density at radius 2 is 1.68 bits per heavy atom. The van der Waals surface area contributed by atoms with Gasteiger partial charge in [-0.1, -0.05) is 32.1 Å². The van der Waals surface area contributed by atoms with Gasteiger partial charge in [0.15, 0.2) is 5.11 Å². The summed E-state index contributed by atoms with van der Waals surface area (Å²) in [4.78, 5) is 6.50. The van der Waals surface area contributed by atoms with Crippen molar-refractivity contribution in [3.63, 3.8) is 0 Å². The molecule has 4 heteroatoms. The van der Waals surface area contributed by atoms with Gasteiger partial charge in [0.05, 0.1) is 0 Å². The molecule has 0 bridgehead atoms. The first-order valence-electron chi connectivity index (χ1n) is 8.79. The van der Waals surface area contributed by atoms with E-state index in [1.54, 1.807) is 0 Å². The molecule has 0 atom stereocenters. The first-order chi connectivity index (χ1) is 10.8. The van der Waals surface area contributed by atoms with E-state index < -0.39 is 0 Å². The largest absolute Gasteiger partial charge is 0.360 e. The number of thiocarbonyl (C=S) groups is 1. The second kappa shape index (κ2) is 7.91. The van der Waals surface area contributed by atoms with Gasteiger partial charge in [0.2, 0.25) is 0 Å². The van der Waals surface area contributed by atoms with Gasteiger partial charge in [0.25, 0.3) is 0 Å². The van der Waals surface area contributed by atoms with Gasteiger partial charge >= 0.3 is 0 Å². The Balaban J connectivity index is 1.57. The summed E-state index contributed by atoms with van der Waals surface area (Å²) >= 11 is 5.75. The van der Waals surface area contributed by atoms with Crippen LogP contribution in [-0.2, 0) is 6.54 Å². The molecular formula is C18H27N3S. The van der Waals surface area contributed by atoms with Gasteiger partial charge in [-0.2, -0.15) is 0 Å². The maximum absolute atomic E-state index is 5.75.